The highest BCUT2D eigenvalue weighted by atomic mass is 31.2. The van der Waals surface area contributed by atoms with Crippen molar-refractivity contribution in [3.05, 3.63) is 0 Å². The zero-order valence-electron chi connectivity index (χ0n) is 22.9. The highest BCUT2D eigenvalue weighted by molar-refractivity contribution is 7.54. The topological polar surface area (TPSA) is 127 Å². The number of aliphatic carboxylic acids is 1. The number of Topliss-reactive ketones (excluding diaryl/α,β-unsaturated/α-hetero) is 1. The summed E-state index contributed by atoms with van der Waals surface area (Å²) in [7, 11) is -0.268. The normalized spacial score (nSPS) is 24.2. The van der Waals surface area contributed by atoms with Gasteiger partial charge in [0.05, 0.1) is 18.6 Å². The lowest BCUT2D eigenvalue weighted by Gasteiger charge is -2.42. The second-order valence-corrected chi connectivity index (χ2v) is 17.7. The highest BCUT2D eigenvalue weighted by Gasteiger charge is 2.48. The van der Waals surface area contributed by atoms with E-state index < -0.39 is 52.4 Å². The summed E-state index contributed by atoms with van der Waals surface area (Å²) in [6.07, 6.45) is -2.14. The number of carbonyl (C=O) groups excluding carboxylic acids is 1. The van der Waals surface area contributed by atoms with E-state index >= 15 is 0 Å². The summed E-state index contributed by atoms with van der Waals surface area (Å²) in [5.74, 6) is -1.87. The van der Waals surface area contributed by atoms with E-state index in [2.05, 4.69) is 33.9 Å². The Labute approximate surface area is 211 Å². The number of carboxylic acid groups (broad SMARTS) is 1. The van der Waals surface area contributed by atoms with Gasteiger partial charge in [-0.05, 0) is 30.5 Å². The third-order valence-electron chi connectivity index (χ3n) is 7.23. The van der Waals surface area contributed by atoms with Crippen LogP contribution in [0.2, 0.25) is 18.1 Å². The molecule has 0 saturated carbocycles. The van der Waals surface area contributed by atoms with Crippen molar-refractivity contribution in [2.75, 3.05) is 34.6 Å². The fourth-order valence-electron chi connectivity index (χ4n) is 4.04. The van der Waals surface area contributed by atoms with E-state index in [0.717, 1.165) is 0 Å². The summed E-state index contributed by atoms with van der Waals surface area (Å²) < 4.78 is 46.2. The number of methoxy groups -OCH3 is 2. The molecule has 0 aromatic carbocycles. The van der Waals surface area contributed by atoms with Crippen LogP contribution in [0.4, 0.5) is 0 Å². The molecular weight excluding hydrogens is 495 g/mol. The van der Waals surface area contributed by atoms with Gasteiger partial charge in [0.15, 0.2) is 14.6 Å². The van der Waals surface area contributed by atoms with Gasteiger partial charge in [-0.25, -0.2) is 0 Å². The Bertz CT molecular complexity index is 745. The molecule has 1 rings (SSSR count). The van der Waals surface area contributed by atoms with Gasteiger partial charge in [0.2, 0.25) is 0 Å². The van der Waals surface area contributed by atoms with Crippen LogP contribution in [0.5, 0.6) is 0 Å². The molecule has 0 amide bonds. The molecule has 0 aliphatic carbocycles. The lowest BCUT2D eigenvalue weighted by Crippen LogP contribution is -2.52. The van der Waals surface area contributed by atoms with Crippen molar-refractivity contribution in [2.24, 2.45) is 11.8 Å². The minimum absolute atomic E-state index is 0.134. The molecule has 0 radical (unpaired) electrons. The van der Waals surface area contributed by atoms with Crippen LogP contribution in [0, 0.1) is 11.8 Å². The summed E-state index contributed by atoms with van der Waals surface area (Å²) in [4.78, 5) is 24.6. The molecule has 1 heterocycles. The molecule has 0 unspecified atom stereocenters. The van der Waals surface area contributed by atoms with E-state index in [0.29, 0.717) is 12.8 Å². The first-order valence-corrected chi connectivity index (χ1v) is 16.5. The van der Waals surface area contributed by atoms with Crippen molar-refractivity contribution in [1.82, 2.24) is 0 Å². The zero-order chi connectivity index (χ0) is 27.2. The monoisotopic (exact) mass is 540 g/mol. The number of carboxylic acids is 1. The predicted molar refractivity (Wildman–Crippen MR) is 134 cm³/mol. The van der Waals surface area contributed by atoms with Gasteiger partial charge in [0.1, 0.15) is 18.0 Å². The molecule has 10 nitrogen and oxygen atoms in total. The van der Waals surface area contributed by atoms with Crippen LogP contribution in [0.3, 0.4) is 0 Å². The van der Waals surface area contributed by atoms with E-state index in [1.807, 2.05) is 0 Å². The molecule has 6 atom stereocenters. The lowest BCUT2D eigenvalue weighted by atomic mass is 9.85. The van der Waals surface area contributed by atoms with Crippen molar-refractivity contribution >= 4 is 27.7 Å². The maximum Gasteiger partial charge on any atom is 0.337 e. The molecule has 0 spiro atoms. The maximum absolute atomic E-state index is 12.8. The minimum atomic E-state index is -3.48. The number of hydrogen-bond donors (Lipinski definition) is 1. The fraction of sp³-hybridized carbons (Fsp3) is 0.913. The molecule has 12 heteroatoms. The Balaban J connectivity index is 3.18. The van der Waals surface area contributed by atoms with Gasteiger partial charge in [-0.1, -0.05) is 27.7 Å². The molecular formula is C23H45O10PSi. The van der Waals surface area contributed by atoms with Crippen LogP contribution in [-0.2, 0) is 41.8 Å². The molecule has 1 aliphatic rings. The molecule has 1 fully saturated rings. The third kappa shape index (κ3) is 9.00. The Hall–Kier alpha value is -0.653. The van der Waals surface area contributed by atoms with Crippen molar-refractivity contribution in [3.63, 3.8) is 0 Å². The first-order chi connectivity index (χ1) is 16.0. The van der Waals surface area contributed by atoms with E-state index in [-0.39, 0.29) is 29.3 Å². The van der Waals surface area contributed by atoms with Crippen molar-refractivity contribution in [2.45, 2.75) is 89.7 Å². The Kier molecular flexibility index (Phi) is 12.2. The van der Waals surface area contributed by atoms with Gasteiger partial charge in [-0.2, -0.15) is 0 Å². The SMILES string of the molecule is CO[C@H]1C[C@@H](C[C@@H](C)C(=O)CP(=O)(OC)OC)[C@@H]([C@H](OC)[C@@H](CC(=O)O)O[Si](C)(C)C(C)(C)C)O1. The second-order valence-electron chi connectivity index (χ2n) is 10.7. The molecule has 1 aliphatic heterocycles. The molecule has 1 saturated heterocycles. The number of ether oxygens (including phenoxy) is 3. The maximum atomic E-state index is 12.8. The van der Waals surface area contributed by atoms with E-state index in [1.165, 1.54) is 28.4 Å². The van der Waals surface area contributed by atoms with Crippen LogP contribution in [0.1, 0.15) is 47.0 Å². The van der Waals surface area contributed by atoms with Crippen molar-refractivity contribution < 1.29 is 46.9 Å². The molecule has 1 N–H and O–H groups in total. The van der Waals surface area contributed by atoms with E-state index in [1.54, 1.807) is 6.92 Å². The fourth-order valence-corrected chi connectivity index (χ4v) is 6.47. The van der Waals surface area contributed by atoms with Gasteiger partial charge in [0.25, 0.3) is 0 Å². The first kappa shape index (κ1) is 32.4. The van der Waals surface area contributed by atoms with Crippen LogP contribution >= 0.6 is 7.60 Å². The summed E-state index contributed by atoms with van der Waals surface area (Å²) in [6.45, 7) is 12.1. The van der Waals surface area contributed by atoms with Crippen LogP contribution < -0.4 is 0 Å². The number of carbonyl (C=O) groups is 2. The summed E-state index contributed by atoms with van der Waals surface area (Å²) >= 11 is 0. The van der Waals surface area contributed by atoms with Crippen molar-refractivity contribution in [1.29, 1.82) is 0 Å². The van der Waals surface area contributed by atoms with Crippen molar-refractivity contribution in [3.8, 4) is 0 Å². The number of hydrogen-bond acceptors (Lipinski definition) is 9. The minimum Gasteiger partial charge on any atom is -0.481 e. The molecule has 0 aromatic rings. The largest absolute Gasteiger partial charge is 0.481 e. The number of rotatable bonds is 15. The predicted octanol–water partition coefficient (Wildman–Crippen LogP) is 4.33. The quantitative estimate of drug-likeness (QED) is 0.237. The summed E-state index contributed by atoms with van der Waals surface area (Å²) in [5.41, 5.74) is 0. The highest BCUT2D eigenvalue weighted by Crippen LogP contribution is 2.47. The third-order valence-corrected chi connectivity index (χ3v) is 13.5. The Morgan fingerprint density at radius 3 is 2.14 bits per heavy atom. The molecule has 206 valence electrons. The number of ketones is 1. The van der Waals surface area contributed by atoms with E-state index in [9.17, 15) is 19.3 Å². The van der Waals surface area contributed by atoms with Gasteiger partial charge in [0, 0.05) is 40.8 Å². The molecule has 0 bridgehead atoms. The molecule has 0 aromatic heterocycles. The average molecular weight is 541 g/mol. The smallest absolute Gasteiger partial charge is 0.337 e. The van der Waals surface area contributed by atoms with E-state index in [4.69, 9.17) is 27.7 Å². The van der Waals surface area contributed by atoms with Gasteiger partial charge >= 0.3 is 13.6 Å². The Morgan fingerprint density at radius 2 is 1.71 bits per heavy atom. The van der Waals surface area contributed by atoms with Gasteiger partial charge in [-0.15, -0.1) is 0 Å². The average Bonchev–Trinajstić information content (AvgIpc) is 3.15. The van der Waals surface area contributed by atoms with Crippen LogP contribution in [0.25, 0.3) is 0 Å². The second kappa shape index (κ2) is 13.2. The Morgan fingerprint density at radius 1 is 1.14 bits per heavy atom. The first-order valence-electron chi connectivity index (χ1n) is 11.9. The summed E-state index contributed by atoms with van der Waals surface area (Å²) in [6, 6.07) is 0. The van der Waals surface area contributed by atoms with Gasteiger partial charge < -0.3 is 32.8 Å². The standard InChI is InChI=1S/C23H45O10PSi/c1-15(17(24)14-34(27,30-7)31-8)11-16-12-20(28-5)32-21(16)22(29-6)18(13-19(25)26)33-35(9,10)23(2,3)4/h15-16,18,20-22H,11-14H2,1-10H3,(H,25,26)/t15-,16-,18-,20-,21+,22-/m1/s1. The summed E-state index contributed by atoms with van der Waals surface area (Å²) in [5, 5.41) is 9.49. The van der Waals surface area contributed by atoms with Gasteiger partial charge in [-0.3, -0.25) is 14.2 Å². The zero-order valence-corrected chi connectivity index (χ0v) is 24.8. The van der Waals surface area contributed by atoms with Crippen LogP contribution in [0.15, 0.2) is 0 Å². The lowest BCUT2D eigenvalue weighted by molar-refractivity contribution is -0.168. The molecule has 35 heavy (non-hydrogen) atoms. The van der Waals surface area contributed by atoms with Crippen LogP contribution in [-0.4, -0.2) is 84.4 Å².